The normalized spacial score (nSPS) is 18.5. The molecule has 1 aliphatic rings. The monoisotopic (exact) mass is 203 g/mol. The van der Waals surface area contributed by atoms with Crippen LogP contribution >= 0.6 is 0 Å². The molecule has 1 rings (SSSR count). The molecule has 0 fully saturated rings. The summed E-state index contributed by atoms with van der Waals surface area (Å²) in [5.74, 6) is -0.438. The molecule has 13 heavy (non-hydrogen) atoms. The van der Waals surface area contributed by atoms with E-state index < -0.39 is 17.0 Å². The van der Waals surface area contributed by atoms with E-state index in [4.69, 9.17) is 5.11 Å². The summed E-state index contributed by atoms with van der Waals surface area (Å²) in [6, 6.07) is 0. The molecule has 0 saturated carbocycles. The molecule has 1 heterocycles. The molecular weight excluding hydrogens is 190 g/mol. The summed E-state index contributed by atoms with van der Waals surface area (Å²) in [6.45, 7) is 3.77. The first-order valence-electron chi connectivity index (χ1n) is 3.85. The van der Waals surface area contributed by atoms with Crippen LogP contribution in [-0.2, 0) is 15.8 Å². The predicted molar refractivity (Wildman–Crippen MR) is 52.9 cm³/mol. The van der Waals surface area contributed by atoms with E-state index in [9.17, 15) is 9.00 Å². The molecule has 0 amide bonds. The Balaban J connectivity index is 0.000000223. The first-order valence-corrected chi connectivity index (χ1v) is 5.02. The Bertz CT molecular complexity index is 232. The molecule has 0 spiro atoms. The van der Waals surface area contributed by atoms with Gasteiger partial charge in [-0.1, -0.05) is 13.8 Å². The zero-order chi connectivity index (χ0) is 10.3. The number of hydrogen-bond acceptors (Lipinski definition) is 2. The molecule has 74 valence electrons. The molecule has 1 unspecified atom stereocenters. The van der Waals surface area contributed by atoms with E-state index in [1.165, 1.54) is 11.6 Å². The van der Waals surface area contributed by atoms with Crippen molar-refractivity contribution >= 4 is 23.2 Å². The fraction of sp³-hybridized carbons (Fsp3) is 0.500. The molecule has 0 aromatic heterocycles. The molecule has 1 N–H and O–H groups in total. The maximum absolute atomic E-state index is 10.1. The summed E-state index contributed by atoms with van der Waals surface area (Å²) in [5.41, 5.74) is 0. The molecule has 0 aromatic rings. The van der Waals surface area contributed by atoms with Gasteiger partial charge >= 0.3 is 5.97 Å². The highest BCUT2D eigenvalue weighted by atomic mass is 32.2. The van der Waals surface area contributed by atoms with Crippen molar-refractivity contribution in [2.24, 2.45) is 10.3 Å². The molecule has 5 heteroatoms. The molecule has 1 atom stereocenters. The average molecular weight is 203 g/mol. The van der Waals surface area contributed by atoms with E-state index in [1.54, 1.807) is 6.08 Å². The Morgan fingerprint density at radius 2 is 2.23 bits per heavy atom. The van der Waals surface area contributed by atoms with E-state index >= 15 is 0 Å². The lowest BCUT2D eigenvalue weighted by Gasteiger charge is -1.94. The van der Waals surface area contributed by atoms with Gasteiger partial charge in [0, 0.05) is 18.0 Å². The van der Waals surface area contributed by atoms with Crippen LogP contribution in [-0.4, -0.2) is 21.5 Å². The Morgan fingerprint density at radius 3 is 2.31 bits per heavy atom. The Kier molecular flexibility index (Phi) is 6.05. The minimum Gasteiger partial charge on any atom is -0.481 e. The summed E-state index contributed by atoms with van der Waals surface area (Å²) in [5, 5.41) is 9.61. The Morgan fingerprint density at radius 1 is 1.62 bits per heavy atom. The van der Waals surface area contributed by atoms with E-state index in [-0.39, 0.29) is 12.3 Å². The number of aliphatic carboxylic acids is 1. The van der Waals surface area contributed by atoms with Crippen LogP contribution in [0, 0.1) is 5.92 Å². The minimum absolute atomic E-state index is 0.275. The van der Waals surface area contributed by atoms with Gasteiger partial charge in [0.1, 0.15) is 0 Å². The lowest BCUT2D eigenvalue weighted by molar-refractivity contribution is -0.137. The summed E-state index contributed by atoms with van der Waals surface area (Å²) in [6.07, 6.45) is 3.46. The van der Waals surface area contributed by atoms with Crippen molar-refractivity contribution in [3.05, 3.63) is 11.5 Å². The first kappa shape index (κ1) is 12.0. The smallest absolute Gasteiger partial charge is 0.303 e. The van der Waals surface area contributed by atoms with Crippen molar-refractivity contribution in [2.75, 3.05) is 0 Å². The SMILES string of the molecule is CC(C)CC(=O)O.O=S1C=CC=N1. The maximum Gasteiger partial charge on any atom is 0.303 e. The van der Waals surface area contributed by atoms with Gasteiger partial charge < -0.3 is 5.11 Å². The lowest BCUT2D eigenvalue weighted by atomic mass is 10.1. The highest BCUT2D eigenvalue weighted by Gasteiger charge is 1.98. The second-order valence-electron chi connectivity index (χ2n) is 2.85. The highest BCUT2D eigenvalue weighted by molar-refractivity contribution is 7.87. The van der Waals surface area contributed by atoms with Crippen molar-refractivity contribution in [2.45, 2.75) is 20.3 Å². The van der Waals surface area contributed by atoms with Crippen molar-refractivity contribution in [3.63, 3.8) is 0 Å². The second-order valence-corrected chi connectivity index (χ2v) is 3.89. The predicted octanol–water partition coefficient (Wildman–Crippen LogP) is 1.37. The topological polar surface area (TPSA) is 66.7 Å². The van der Waals surface area contributed by atoms with Gasteiger partial charge in [0.15, 0.2) is 11.0 Å². The van der Waals surface area contributed by atoms with Gasteiger partial charge in [0.05, 0.1) is 0 Å². The van der Waals surface area contributed by atoms with Crippen molar-refractivity contribution < 1.29 is 14.1 Å². The number of carboxylic acids is 1. The first-order chi connectivity index (χ1) is 6.02. The van der Waals surface area contributed by atoms with Gasteiger partial charge in [-0.15, -0.1) is 0 Å². The van der Waals surface area contributed by atoms with Gasteiger partial charge in [-0.25, -0.2) is 4.21 Å². The number of carboxylic acid groups (broad SMARTS) is 1. The second kappa shape index (κ2) is 6.54. The van der Waals surface area contributed by atoms with E-state index in [2.05, 4.69) is 4.40 Å². The molecule has 0 aliphatic carbocycles. The molecule has 4 nitrogen and oxygen atoms in total. The highest BCUT2D eigenvalue weighted by Crippen LogP contribution is 1.96. The summed E-state index contributed by atoms with van der Waals surface area (Å²) >= 11 is 0. The third-order valence-electron chi connectivity index (χ3n) is 1.03. The van der Waals surface area contributed by atoms with Crippen LogP contribution in [0.15, 0.2) is 15.9 Å². The lowest BCUT2D eigenvalue weighted by Crippen LogP contribution is -1.99. The van der Waals surface area contributed by atoms with Crippen LogP contribution in [0.4, 0.5) is 0 Å². The quantitative estimate of drug-likeness (QED) is 0.737. The summed E-state index contributed by atoms with van der Waals surface area (Å²) in [7, 11) is -1.03. The van der Waals surface area contributed by atoms with Gasteiger partial charge in [-0.3, -0.25) is 4.79 Å². The Labute approximate surface area is 80.0 Å². The van der Waals surface area contributed by atoms with Gasteiger partial charge in [-0.05, 0) is 12.0 Å². The zero-order valence-electron chi connectivity index (χ0n) is 7.64. The van der Waals surface area contributed by atoms with Crippen LogP contribution in [0.1, 0.15) is 20.3 Å². The van der Waals surface area contributed by atoms with Crippen LogP contribution in [0.5, 0.6) is 0 Å². The van der Waals surface area contributed by atoms with E-state index in [0.29, 0.717) is 0 Å². The summed E-state index contributed by atoms with van der Waals surface area (Å²) in [4.78, 5) is 9.81. The van der Waals surface area contributed by atoms with Crippen LogP contribution in [0.25, 0.3) is 0 Å². The third kappa shape index (κ3) is 8.94. The van der Waals surface area contributed by atoms with E-state index in [0.717, 1.165) is 0 Å². The van der Waals surface area contributed by atoms with Crippen molar-refractivity contribution in [1.82, 2.24) is 0 Å². The third-order valence-corrected chi connectivity index (χ3v) is 1.75. The Hall–Kier alpha value is -0.970. The van der Waals surface area contributed by atoms with Gasteiger partial charge in [0.2, 0.25) is 0 Å². The van der Waals surface area contributed by atoms with Gasteiger partial charge in [0.25, 0.3) is 0 Å². The van der Waals surface area contributed by atoms with Crippen LogP contribution < -0.4 is 0 Å². The average Bonchev–Trinajstić information content (AvgIpc) is 2.37. The molecule has 0 saturated heterocycles. The fourth-order valence-electron chi connectivity index (χ4n) is 0.582. The number of nitrogens with zero attached hydrogens (tertiary/aromatic N) is 1. The number of allylic oxidation sites excluding steroid dienone is 1. The fourth-order valence-corrected chi connectivity index (χ4v) is 1.05. The van der Waals surface area contributed by atoms with Crippen molar-refractivity contribution in [1.29, 1.82) is 0 Å². The number of hydrogen-bond donors (Lipinski definition) is 1. The molecule has 0 bridgehead atoms. The molecule has 1 aliphatic heterocycles. The number of rotatable bonds is 2. The van der Waals surface area contributed by atoms with Crippen LogP contribution in [0.2, 0.25) is 0 Å². The van der Waals surface area contributed by atoms with Gasteiger partial charge in [-0.2, -0.15) is 4.40 Å². The zero-order valence-corrected chi connectivity index (χ0v) is 8.45. The maximum atomic E-state index is 10.1. The van der Waals surface area contributed by atoms with E-state index in [1.807, 2.05) is 13.8 Å². The molecule has 0 aromatic carbocycles. The largest absolute Gasteiger partial charge is 0.481 e. The molecular formula is C8H13NO3S. The summed E-state index contributed by atoms with van der Waals surface area (Å²) < 4.78 is 13.5. The van der Waals surface area contributed by atoms with Crippen molar-refractivity contribution in [3.8, 4) is 0 Å². The minimum atomic E-state index is -1.03. The molecule has 0 radical (unpaired) electrons. The standard InChI is InChI=1S/C5H10O2.C3H3NOS/c1-4(2)3-5(6)7;5-6-3-1-2-4-6/h4H,3H2,1-2H3,(H,6,7);1-3H. The van der Waals surface area contributed by atoms with Crippen LogP contribution in [0.3, 0.4) is 0 Å². The number of carbonyl (C=O) groups is 1.